The molecule has 1 spiro atoms. The first-order valence-corrected chi connectivity index (χ1v) is 16.1. The highest BCUT2D eigenvalue weighted by Crippen LogP contribution is 2.56. The van der Waals surface area contributed by atoms with Crippen LogP contribution in [-0.4, -0.2) is 77.2 Å². The molecule has 0 aromatic heterocycles. The summed E-state index contributed by atoms with van der Waals surface area (Å²) in [5.41, 5.74) is 1.80. The van der Waals surface area contributed by atoms with Gasteiger partial charge in [-0.25, -0.2) is 0 Å². The van der Waals surface area contributed by atoms with Gasteiger partial charge in [0, 0.05) is 18.7 Å². The number of esters is 1. The standard InChI is InChI=1S/C36H41N3O7/c1-4-25(21-40)39-32-34(43)38(26-19-22(2)14-15-23(26)3)18-10-6-9-13-29(41)37-20-28(24-11-7-5-8-12-24)45-35(44)30-27-16-17-36(32,46-27)31(30)33(39)42/h5-8,10-12,14-17,19,25,27-28,30-32,40H,4,9,13,18,20-21H2,1-3H3,(H,37,41)/b10-6-/t25-,27-,28-,30+,31+,32-,36+/m0/s1. The van der Waals surface area contributed by atoms with Crippen LogP contribution in [0.2, 0.25) is 0 Å². The second-order valence-corrected chi connectivity index (χ2v) is 12.6. The van der Waals surface area contributed by atoms with Gasteiger partial charge in [0.15, 0.2) is 0 Å². The number of carbonyl (C=O) groups is 4. The predicted octanol–water partition coefficient (Wildman–Crippen LogP) is 3.31. The number of nitrogens with zero attached hydrogens (tertiary/aromatic N) is 2. The fraction of sp³-hybridized carbons (Fsp3) is 0.444. The smallest absolute Gasteiger partial charge is 0.313 e. The number of ether oxygens (including phenoxy) is 2. The normalized spacial score (nSPS) is 31.1. The van der Waals surface area contributed by atoms with Crippen LogP contribution in [-0.2, 0) is 28.7 Å². The molecule has 2 aromatic carbocycles. The van der Waals surface area contributed by atoms with Gasteiger partial charge < -0.3 is 29.7 Å². The van der Waals surface area contributed by atoms with E-state index in [2.05, 4.69) is 5.32 Å². The lowest BCUT2D eigenvalue weighted by Gasteiger charge is -2.39. The molecule has 4 heterocycles. The number of likely N-dealkylation sites (tertiary alicyclic amines) is 1. The maximum Gasteiger partial charge on any atom is 0.313 e. The summed E-state index contributed by atoms with van der Waals surface area (Å²) in [5, 5.41) is 13.3. The largest absolute Gasteiger partial charge is 0.455 e. The van der Waals surface area contributed by atoms with E-state index in [1.807, 2.05) is 81.5 Å². The Labute approximate surface area is 269 Å². The van der Waals surface area contributed by atoms with Crippen LogP contribution in [0.15, 0.2) is 72.8 Å². The van der Waals surface area contributed by atoms with Gasteiger partial charge in [0.1, 0.15) is 23.7 Å². The molecule has 0 aliphatic carbocycles. The minimum absolute atomic E-state index is 0.0617. The predicted molar refractivity (Wildman–Crippen MR) is 170 cm³/mol. The fourth-order valence-electron chi connectivity index (χ4n) is 7.35. The summed E-state index contributed by atoms with van der Waals surface area (Å²) in [5.74, 6) is -3.67. The number of amides is 3. The molecule has 0 unspecified atom stereocenters. The van der Waals surface area contributed by atoms with Crippen molar-refractivity contribution in [1.82, 2.24) is 10.2 Å². The van der Waals surface area contributed by atoms with E-state index >= 15 is 0 Å². The van der Waals surface area contributed by atoms with E-state index in [0.717, 1.165) is 11.1 Å². The molecule has 2 aromatic rings. The van der Waals surface area contributed by atoms with E-state index in [-0.39, 0.29) is 37.9 Å². The lowest BCUT2D eigenvalue weighted by atomic mass is 9.74. The van der Waals surface area contributed by atoms with Crippen molar-refractivity contribution in [3.8, 4) is 0 Å². The molecule has 10 nitrogen and oxygen atoms in total. The van der Waals surface area contributed by atoms with Gasteiger partial charge in [0.05, 0.1) is 31.2 Å². The molecule has 2 fully saturated rings. The monoisotopic (exact) mass is 627 g/mol. The number of cyclic esters (lactones) is 1. The molecule has 2 saturated heterocycles. The number of aryl methyl sites for hydroxylation is 2. The Hall–Kier alpha value is -4.28. The van der Waals surface area contributed by atoms with E-state index in [1.165, 1.54) is 4.90 Å². The van der Waals surface area contributed by atoms with Crippen LogP contribution in [0.25, 0.3) is 0 Å². The van der Waals surface area contributed by atoms with Crippen LogP contribution in [0.4, 0.5) is 5.69 Å². The Balaban J connectivity index is 1.47. The average molecular weight is 628 g/mol. The van der Waals surface area contributed by atoms with Crippen molar-refractivity contribution < 1.29 is 33.8 Å². The van der Waals surface area contributed by atoms with Gasteiger partial charge in [-0.05, 0) is 49.4 Å². The molecule has 7 atom stereocenters. The van der Waals surface area contributed by atoms with E-state index in [1.54, 1.807) is 17.1 Å². The third-order valence-electron chi connectivity index (χ3n) is 9.72. The number of hydrogen-bond acceptors (Lipinski definition) is 7. The highest BCUT2D eigenvalue weighted by atomic mass is 16.6. The average Bonchev–Trinajstić information content (AvgIpc) is 3.70. The first-order chi connectivity index (χ1) is 22.2. The number of anilines is 1. The van der Waals surface area contributed by atoms with Gasteiger partial charge in [-0.15, -0.1) is 0 Å². The van der Waals surface area contributed by atoms with Gasteiger partial charge in [-0.2, -0.15) is 0 Å². The third kappa shape index (κ3) is 5.43. The Morgan fingerprint density at radius 1 is 1.04 bits per heavy atom. The van der Waals surface area contributed by atoms with Crippen LogP contribution in [0.5, 0.6) is 0 Å². The molecule has 0 saturated carbocycles. The minimum atomic E-state index is -1.42. The molecule has 0 radical (unpaired) electrons. The number of aliphatic hydroxyl groups is 1. The number of rotatable bonds is 5. The summed E-state index contributed by atoms with van der Waals surface area (Å²) in [6.07, 6.45) is 6.72. The van der Waals surface area contributed by atoms with Crippen molar-refractivity contribution in [2.45, 2.75) is 69.9 Å². The van der Waals surface area contributed by atoms with E-state index < -0.39 is 53.6 Å². The van der Waals surface area contributed by atoms with Crippen molar-refractivity contribution in [3.05, 3.63) is 89.5 Å². The molecule has 5 bridgehead atoms. The minimum Gasteiger partial charge on any atom is -0.455 e. The number of fused-ring (bicyclic) bond motifs is 2. The lowest BCUT2D eigenvalue weighted by molar-refractivity contribution is -0.160. The summed E-state index contributed by atoms with van der Waals surface area (Å²) in [6, 6.07) is 13.2. The van der Waals surface area contributed by atoms with Crippen molar-refractivity contribution in [2.75, 3.05) is 24.6 Å². The summed E-state index contributed by atoms with van der Waals surface area (Å²) >= 11 is 0. The highest BCUT2D eigenvalue weighted by molar-refractivity contribution is 6.05. The molecule has 10 heteroatoms. The zero-order chi connectivity index (χ0) is 32.6. The number of benzene rings is 2. The Bertz CT molecular complexity index is 1570. The van der Waals surface area contributed by atoms with Gasteiger partial charge in [-0.1, -0.05) is 73.7 Å². The van der Waals surface area contributed by atoms with Gasteiger partial charge in [0.25, 0.3) is 5.91 Å². The summed E-state index contributed by atoms with van der Waals surface area (Å²) in [4.78, 5) is 59.4. The quantitative estimate of drug-likeness (QED) is 0.385. The summed E-state index contributed by atoms with van der Waals surface area (Å²) in [7, 11) is 0. The first kappa shape index (κ1) is 31.7. The van der Waals surface area contributed by atoms with Crippen LogP contribution in [0.1, 0.15) is 49.0 Å². The topological polar surface area (TPSA) is 125 Å². The molecule has 2 N–H and O–H groups in total. The van der Waals surface area contributed by atoms with Gasteiger partial charge >= 0.3 is 5.97 Å². The number of allylic oxidation sites excluding steroid dienone is 1. The van der Waals surface area contributed by atoms with Crippen molar-refractivity contribution in [2.24, 2.45) is 11.8 Å². The van der Waals surface area contributed by atoms with Crippen LogP contribution in [0, 0.1) is 25.7 Å². The third-order valence-corrected chi connectivity index (χ3v) is 9.72. The van der Waals surface area contributed by atoms with Crippen molar-refractivity contribution >= 4 is 29.4 Å². The van der Waals surface area contributed by atoms with Crippen LogP contribution >= 0.6 is 0 Å². The van der Waals surface area contributed by atoms with Gasteiger partial charge in [0.2, 0.25) is 11.8 Å². The Kier molecular flexibility index (Phi) is 8.85. The van der Waals surface area contributed by atoms with Gasteiger partial charge in [-0.3, -0.25) is 19.2 Å². The molecule has 4 aliphatic rings. The summed E-state index contributed by atoms with van der Waals surface area (Å²) < 4.78 is 12.6. The number of nitrogens with one attached hydrogen (secondary N) is 1. The van der Waals surface area contributed by atoms with E-state index in [9.17, 15) is 24.3 Å². The second kappa shape index (κ2) is 12.8. The molecule has 6 rings (SSSR count). The number of hydrogen-bond donors (Lipinski definition) is 2. The maximum absolute atomic E-state index is 15.0. The first-order valence-electron chi connectivity index (χ1n) is 16.1. The zero-order valence-electron chi connectivity index (χ0n) is 26.4. The molecule has 3 amide bonds. The number of carbonyl (C=O) groups excluding carboxylic acids is 4. The van der Waals surface area contributed by atoms with E-state index in [0.29, 0.717) is 24.1 Å². The molecular weight excluding hydrogens is 586 g/mol. The molecule has 242 valence electrons. The molecular formula is C36H41N3O7. The highest BCUT2D eigenvalue weighted by Gasteiger charge is 2.74. The number of aliphatic hydroxyl groups excluding tert-OH is 1. The SMILES string of the molecule is CC[C@@H](CO)N1C(=O)[C@H]2[C@@H]3C(=O)O[C@H](c4ccccc4)CNC(=O)CC/C=C\CN(c4cc(C)ccc4C)C(=O)[C@H]1[C@@]21C=C[C@@H]3O1. The zero-order valence-corrected chi connectivity index (χ0v) is 26.4. The van der Waals surface area contributed by atoms with Crippen molar-refractivity contribution in [3.63, 3.8) is 0 Å². The Morgan fingerprint density at radius 2 is 1.83 bits per heavy atom. The van der Waals surface area contributed by atoms with Crippen LogP contribution in [0.3, 0.4) is 0 Å². The second-order valence-electron chi connectivity index (χ2n) is 12.6. The van der Waals surface area contributed by atoms with Crippen LogP contribution < -0.4 is 10.2 Å². The molecule has 46 heavy (non-hydrogen) atoms. The van der Waals surface area contributed by atoms with Crippen molar-refractivity contribution in [1.29, 1.82) is 0 Å². The molecule has 4 aliphatic heterocycles. The lowest BCUT2D eigenvalue weighted by Crippen LogP contribution is -2.58. The van der Waals surface area contributed by atoms with E-state index in [4.69, 9.17) is 9.47 Å². The fourth-order valence-corrected chi connectivity index (χ4v) is 7.35. The summed E-state index contributed by atoms with van der Waals surface area (Å²) in [6.45, 7) is 5.62. The maximum atomic E-state index is 15.0. The Morgan fingerprint density at radius 3 is 2.57 bits per heavy atom.